The molecular formula is C17H25O6P. The second-order valence-electron chi connectivity index (χ2n) is 5.87. The first-order valence-electron chi connectivity index (χ1n) is 7.70. The van der Waals surface area contributed by atoms with Crippen molar-refractivity contribution in [2.24, 2.45) is 0 Å². The predicted octanol–water partition coefficient (Wildman–Crippen LogP) is 3.05. The van der Waals surface area contributed by atoms with Gasteiger partial charge in [0.25, 0.3) is 0 Å². The molecule has 0 aliphatic carbocycles. The van der Waals surface area contributed by atoms with Gasteiger partial charge in [0, 0.05) is 12.8 Å². The smallest absolute Gasteiger partial charge is 0.341 e. The number of hydrogen-bond donors (Lipinski definition) is 2. The van der Waals surface area contributed by atoms with Crippen LogP contribution in [0.4, 0.5) is 0 Å². The van der Waals surface area contributed by atoms with Gasteiger partial charge in [0.05, 0.1) is 12.2 Å². The lowest BCUT2D eigenvalue weighted by atomic mass is 10.1. The van der Waals surface area contributed by atoms with E-state index in [0.29, 0.717) is 25.2 Å². The van der Waals surface area contributed by atoms with Gasteiger partial charge in [0.1, 0.15) is 5.75 Å². The Labute approximate surface area is 142 Å². The SMILES string of the molecule is C=C(COCCCCP(=O)(O)O)C(=O)Oc1c(C)cc(C)cc1C. The molecular weight excluding hydrogens is 331 g/mol. The topological polar surface area (TPSA) is 93.1 Å². The number of benzene rings is 1. The number of rotatable bonds is 9. The van der Waals surface area contributed by atoms with Gasteiger partial charge >= 0.3 is 13.6 Å². The van der Waals surface area contributed by atoms with Gasteiger partial charge in [-0.15, -0.1) is 0 Å². The number of carbonyl (C=O) groups excluding carboxylic acids is 1. The second-order valence-corrected chi connectivity index (χ2v) is 7.65. The molecule has 1 aromatic carbocycles. The summed E-state index contributed by atoms with van der Waals surface area (Å²) in [6.07, 6.45) is 0.706. The van der Waals surface area contributed by atoms with Crippen LogP contribution in [0.15, 0.2) is 24.3 Å². The van der Waals surface area contributed by atoms with Crippen LogP contribution in [0, 0.1) is 20.8 Å². The summed E-state index contributed by atoms with van der Waals surface area (Å²) in [6, 6.07) is 3.88. The largest absolute Gasteiger partial charge is 0.423 e. The predicted molar refractivity (Wildman–Crippen MR) is 92.4 cm³/mol. The summed E-state index contributed by atoms with van der Waals surface area (Å²) in [7, 11) is -3.95. The normalized spacial score (nSPS) is 11.4. The Morgan fingerprint density at radius 1 is 1.17 bits per heavy atom. The van der Waals surface area contributed by atoms with Gasteiger partial charge in [-0.05, 0) is 44.7 Å². The summed E-state index contributed by atoms with van der Waals surface area (Å²) in [5, 5.41) is 0. The fourth-order valence-electron chi connectivity index (χ4n) is 2.27. The number of hydrogen-bond acceptors (Lipinski definition) is 4. The first-order valence-corrected chi connectivity index (χ1v) is 9.50. The molecule has 1 rings (SSSR count). The highest BCUT2D eigenvalue weighted by Gasteiger charge is 2.14. The molecule has 24 heavy (non-hydrogen) atoms. The molecule has 0 saturated heterocycles. The van der Waals surface area contributed by atoms with Gasteiger partial charge in [-0.2, -0.15) is 0 Å². The van der Waals surface area contributed by atoms with E-state index in [-0.39, 0.29) is 18.3 Å². The Balaban J connectivity index is 2.38. The minimum Gasteiger partial charge on any atom is -0.423 e. The molecule has 0 aliphatic heterocycles. The molecule has 0 spiro atoms. The van der Waals surface area contributed by atoms with Gasteiger partial charge in [-0.1, -0.05) is 24.3 Å². The molecule has 6 nitrogen and oxygen atoms in total. The lowest BCUT2D eigenvalue weighted by molar-refractivity contribution is -0.130. The van der Waals surface area contributed by atoms with Gasteiger partial charge < -0.3 is 19.3 Å². The summed E-state index contributed by atoms with van der Waals surface area (Å²) < 4.78 is 21.4. The molecule has 0 fully saturated rings. The summed E-state index contributed by atoms with van der Waals surface area (Å²) >= 11 is 0. The van der Waals surface area contributed by atoms with Crippen LogP contribution in [0.5, 0.6) is 5.75 Å². The van der Waals surface area contributed by atoms with E-state index in [1.165, 1.54) is 0 Å². The molecule has 0 saturated carbocycles. The molecule has 0 heterocycles. The van der Waals surface area contributed by atoms with Crippen LogP contribution in [0.3, 0.4) is 0 Å². The van der Waals surface area contributed by atoms with Gasteiger partial charge in [0.15, 0.2) is 0 Å². The molecule has 2 N–H and O–H groups in total. The Kier molecular flexibility index (Phi) is 7.84. The highest BCUT2D eigenvalue weighted by atomic mass is 31.2. The van der Waals surface area contributed by atoms with Crippen LogP contribution in [0.2, 0.25) is 0 Å². The van der Waals surface area contributed by atoms with Crippen molar-refractivity contribution in [3.63, 3.8) is 0 Å². The first kappa shape index (κ1) is 20.6. The van der Waals surface area contributed by atoms with Crippen LogP contribution in [0.25, 0.3) is 0 Å². The van der Waals surface area contributed by atoms with Crippen molar-refractivity contribution in [3.05, 3.63) is 41.0 Å². The maximum Gasteiger partial charge on any atom is 0.341 e. The maximum absolute atomic E-state index is 12.0. The second kappa shape index (κ2) is 9.14. The Bertz CT molecular complexity index is 623. The zero-order chi connectivity index (χ0) is 18.3. The molecule has 7 heteroatoms. The summed E-state index contributed by atoms with van der Waals surface area (Å²) in [5.41, 5.74) is 3.06. The third kappa shape index (κ3) is 7.41. The highest BCUT2D eigenvalue weighted by molar-refractivity contribution is 7.51. The zero-order valence-corrected chi connectivity index (χ0v) is 15.3. The van der Waals surface area contributed by atoms with Crippen LogP contribution in [-0.2, 0) is 14.1 Å². The Morgan fingerprint density at radius 3 is 2.29 bits per heavy atom. The fourth-order valence-corrected chi connectivity index (χ4v) is 2.90. The third-order valence-electron chi connectivity index (χ3n) is 3.35. The molecule has 134 valence electrons. The van der Waals surface area contributed by atoms with Crippen LogP contribution >= 0.6 is 7.60 Å². The minimum absolute atomic E-state index is 0.0265. The fraction of sp³-hybridized carbons (Fsp3) is 0.471. The van der Waals surface area contributed by atoms with E-state index >= 15 is 0 Å². The Hall–Kier alpha value is -1.46. The average Bonchev–Trinajstić information content (AvgIpc) is 2.44. The van der Waals surface area contributed by atoms with Crippen LogP contribution in [0.1, 0.15) is 29.5 Å². The van der Waals surface area contributed by atoms with Crippen molar-refractivity contribution in [1.29, 1.82) is 0 Å². The van der Waals surface area contributed by atoms with E-state index in [2.05, 4.69) is 6.58 Å². The van der Waals surface area contributed by atoms with Gasteiger partial charge in [0.2, 0.25) is 0 Å². The minimum atomic E-state index is -3.95. The van der Waals surface area contributed by atoms with Crippen molar-refractivity contribution >= 4 is 13.6 Å². The molecule has 0 aliphatic rings. The number of carbonyl (C=O) groups is 1. The van der Waals surface area contributed by atoms with E-state index in [1.807, 2.05) is 32.9 Å². The van der Waals surface area contributed by atoms with E-state index < -0.39 is 13.6 Å². The number of ether oxygens (including phenoxy) is 2. The molecule has 0 aromatic heterocycles. The molecule has 0 bridgehead atoms. The summed E-state index contributed by atoms with van der Waals surface area (Å²) in [4.78, 5) is 29.5. The number of aryl methyl sites for hydroxylation is 3. The van der Waals surface area contributed by atoms with Crippen molar-refractivity contribution < 1.29 is 28.6 Å². The number of unbranched alkanes of at least 4 members (excludes halogenated alkanes) is 1. The summed E-state index contributed by atoms with van der Waals surface area (Å²) in [5.74, 6) is -0.00587. The van der Waals surface area contributed by atoms with Crippen molar-refractivity contribution in [1.82, 2.24) is 0 Å². The van der Waals surface area contributed by atoms with Crippen molar-refractivity contribution in [2.75, 3.05) is 19.4 Å². The first-order chi connectivity index (χ1) is 11.1. The zero-order valence-electron chi connectivity index (χ0n) is 14.4. The van der Waals surface area contributed by atoms with E-state index in [0.717, 1.165) is 16.7 Å². The third-order valence-corrected chi connectivity index (χ3v) is 4.25. The van der Waals surface area contributed by atoms with Crippen LogP contribution < -0.4 is 4.74 Å². The van der Waals surface area contributed by atoms with E-state index in [4.69, 9.17) is 19.3 Å². The molecule has 0 amide bonds. The van der Waals surface area contributed by atoms with Gasteiger partial charge in [-0.25, -0.2) is 4.79 Å². The van der Waals surface area contributed by atoms with E-state index in [9.17, 15) is 9.36 Å². The standard InChI is InChI=1S/C17H25O6P/c1-12-9-13(2)16(14(3)10-12)23-17(18)15(4)11-22-7-5-6-8-24(19,20)21/h9-10H,4-8,11H2,1-3H3,(H2,19,20,21). The number of esters is 1. The summed E-state index contributed by atoms with van der Waals surface area (Å²) in [6.45, 7) is 9.72. The van der Waals surface area contributed by atoms with Crippen LogP contribution in [-0.4, -0.2) is 35.1 Å². The van der Waals surface area contributed by atoms with Crippen molar-refractivity contribution in [2.45, 2.75) is 33.6 Å². The Morgan fingerprint density at radius 2 is 1.75 bits per heavy atom. The molecule has 0 radical (unpaired) electrons. The average molecular weight is 356 g/mol. The monoisotopic (exact) mass is 356 g/mol. The molecule has 0 atom stereocenters. The highest BCUT2D eigenvalue weighted by Crippen LogP contribution is 2.35. The molecule has 1 aromatic rings. The lowest BCUT2D eigenvalue weighted by Crippen LogP contribution is -2.16. The molecule has 0 unspecified atom stereocenters. The lowest BCUT2D eigenvalue weighted by Gasteiger charge is -2.13. The maximum atomic E-state index is 12.0. The van der Waals surface area contributed by atoms with E-state index in [1.54, 1.807) is 0 Å². The van der Waals surface area contributed by atoms with Gasteiger partial charge in [-0.3, -0.25) is 4.57 Å². The quantitative estimate of drug-likeness (QED) is 0.232. The van der Waals surface area contributed by atoms with Crippen molar-refractivity contribution in [3.8, 4) is 5.75 Å².